The van der Waals surface area contributed by atoms with Crippen LogP contribution in [0.25, 0.3) is 86.6 Å². The lowest BCUT2D eigenvalue weighted by molar-refractivity contribution is 0.669. The van der Waals surface area contributed by atoms with Gasteiger partial charge in [0.1, 0.15) is 11.2 Å². The highest BCUT2D eigenvalue weighted by atomic mass is 32.1. The second-order valence-electron chi connectivity index (χ2n) is 11.6. The molecule has 0 unspecified atom stereocenters. The van der Waals surface area contributed by atoms with Crippen molar-refractivity contribution in [3.63, 3.8) is 0 Å². The van der Waals surface area contributed by atoms with Crippen molar-refractivity contribution in [3.8, 4) is 50.6 Å². The summed E-state index contributed by atoms with van der Waals surface area (Å²) in [5, 5.41) is 14.8. The summed E-state index contributed by atoms with van der Waals surface area (Å²) in [5.74, 6) is 0. The summed E-state index contributed by atoms with van der Waals surface area (Å²) in [6.07, 6.45) is 0. The van der Waals surface area contributed by atoms with Crippen molar-refractivity contribution in [3.05, 3.63) is 157 Å². The largest absolute Gasteiger partial charge is 0.456 e. The minimum Gasteiger partial charge on any atom is -0.456 e. The van der Waals surface area contributed by atoms with E-state index in [1.54, 1.807) is 0 Å². The Hall–Kier alpha value is -5.95. The van der Waals surface area contributed by atoms with E-state index in [1.807, 2.05) is 47.7 Å². The van der Waals surface area contributed by atoms with Gasteiger partial charge in [-0.2, -0.15) is 5.26 Å². The fourth-order valence-corrected chi connectivity index (χ4v) is 7.88. The number of fused-ring (bicyclic) bond motifs is 6. The van der Waals surface area contributed by atoms with Gasteiger partial charge in [0.25, 0.3) is 0 Å². The molecule has 9 rings (SSSR count). The lowest BCUT2D eigenvalue weighted by Crippen LogP contribution is -1.94. The van der Waals surface area contributed by atoms with Crippen molar-refractivity contribution in [1.29, 1.82) is 5.26 Å². The fourth-order valence-electron chi connectivity index (χ4n) is 6.79. The fraction of sp³-hybridized carbons (Fsp3) is 0. The summed E-state index contributed by atoms with van der Waals surface area (Å²) in [4.78, 5) is 0. The van der Waals surface area contributed by atoms with Gasteiger partial charge in [0.05, 0.1) is 11.6 Å². The molecule has 9 aromatic rings. The Kier molecular flexibility index (Phi) is 6.09. The van der Waals surface area contributed by atoms with E-state index in [1.165, 1.54) is 20.2 Å². The smallest absolute Gasteiger partial charge is 0.135 e. The summed E-state index contributed by atoms with van der Waals surface area (Å²) in [7, 11) is 0. The monoisotopic (exact) mass is 603 g/mol. The molecule has 2 nitrogen and oxygen atoms in total. The summed E-state index contributed by atoms with van der Waals surface area (Å²) >= 11 is 1.83. The molecule has 0 amide bonds. The maximum Gasteiger partial charge on any atom is 0.135 e. The second kappa shape index (κ2) is 10.6. The van der Waals surface area contributed by atoms with E-state index in [0.29, 0.717) is 5.56 Å². The van der Waals surface area contributed by atoms with E-state index in [0.717, 1.165) is 66.4 Å². The summed E-state index contributed by atoms with van der Waals surface area (Å²) in [6.45, 7) is 0. The van der Waals surface area contributed by atoms with Crippen LogP contribution in [0.3, 0.4) is 0 Å². The predicted octanol–water partition coefficient (Wildman–Crippen LogP) is 12.5. The third kappa shape index (κ3) is 4.24. The molecule has 0 atom stereocenters. The SMILES string of the molecule is N#Cc1ccccc1-c1cc(-c2ccccc2)c(-c2ccc3oc4ccccc4c3c2)c(-c2ccc3sc4ccccc4c3c2)c1. The van der Waals surface area contributed by atoms with Gasteiger partial charge in [-0.05, 0) is 99.1 Å². The first kappa shape index (κ1) is 26.5. The average molecular weight is 604 g/mol. The Morgan fingerprint density at radius 1 is 0.435 bits per heavy atom. The number of thiophene rings is 1. The molecular weight excluding hydrogens is 579 g/mol. The van der Waals surface area contributed by atoms with Gasteiger partial charge in [-0.25, -0.2) is 0 Å². The van der Waals surface area contributed by atoms with Crippen LogP contribution in [0.15, 0.2) is 156 Å². The van der Waals surface area contributed by atoms with Crippen LogP contribution in [0, 0.1) is 11.3 Å². The number of benzene rings is 7. The number of para-hydroxylation sites is 1. The molecule has 214 valence electrons. The zero-order chi connectivity index (χ0) is 30.6. The molecule has 7 aromatic carbocycles. The minimum atomic E-state index is 0.658. The molecule has 0 bridgehead atoms. The molecule has 0 N–H and O–H groups in total. The van der Waals surface area contributed by atoms with Crippen molar-refractivity contribution < 1.29 is 4.42 Å². The first-order chi connectivity index (χ1) is 22.7. The third-order valence-corrected chi connectivity index (χ3v) is 10.1. The molecule has 0 saturated heterocycles. The molecule has 0 fully saturated rings. The van der Waals surface area contributed by atoms with Crippen LogP contribution in [0.2, 0.25) is 0 Å². The Morgan fingerprint density at radius 3 is 1.96 bits per heavy atom. The average Bonchev–Trinajstić information content (AvgIpc) is 3.69. The minimum absolute atomic E-state index is 0.658. The van der Waals surface area contributed by atoms with Crippen LogP contribution in [-0.2, 0) is 0 Å². The van der Waals surface area contributed by atoms with Crippen molar-refractivity contribution in [1.82, 2.24) is 0 Å². The number of nitrogens with zero attached hydrogens (tertiary/aromatic N) is 1. The number of furan rings is 1. The number of nitriles is 1. The van der Waals surface area contributed by atoms with Crippen LogP contribution >= 0.6 is 11.3 Å². The molecule has 0 aliphatic rings. The van der Waals surface area contributed by atoms with Gasteiger partial charge in [-0.15, -0.1) is 11.3 Å². The maximum absolute atomic E-state index is 10.1. The van der Waals surface area contributed by atoms with Crippen molar-refractivity contribution in [2.45, 2.75) is 0 Å². The predicted molar refractivity (Wildman–Crippen MR) is 193 cm³/mol. The van der Waals surface area contributed by atoms with Crippen molar-refractivity contribution >= 4 is 53.4 Å². The second-order valence-corrected chi connectivity index (χ2v) is 12.7. The highest BCUT2D eigenvalue weighted by Gasteiger charge is 2.20. The molecule has 0 aliphatic heterocycles. The van der Waals surface area contributed by atoms with E-state index >= 15 is 0 Å². The summed E-state index contributed by atoms with van der Waals surface area (Å²) in [6, 6.07) is 55.6. The highest BCUT2D eigenvalue weighted by Crippen LogP contribution is 2.46. The van der Waals surface area contributed by atoms with Crippen molar-refractivity contribution in [2.75, 3.05) is 0 Å². The molecule has 0 radical (unpaired) electrons. The van der Waals surface area contributed by atoms with Gasteiger partial charge in [0.15, 0.2) is 0 Å². The standard InChI is InChI=1S/C43H25NOS/c44-26-30-12-4-5-13-32(30)31-24-35(27-10-2-1-3-11-27)43(29-18-20-40-37(23-29)33-14-6-8-16-39(33)45-40)36(25-31)28-19-21-42-38(22-28)34-15-7-9-17-41(34)46-42/h1-25H. The van der Waals surface area contributed by atoms with Crippen LogP contribution in [0.1, 0.15) is 5.56 Å². The Labute approximate surface area is 270 Å². The number of hydrogen-bond donors (Lipinski definition) is 0. The maximum atomic E-state index is 10.1. The molecule has 46 heavy (non-hydrogen) atoms. The van der Waals surface area contributed by atoms with Crippen LogP contribution < -0.4 is 0 Å². The van der Waals surface area contributed by atoms with Crippen LogP contribution in [-0.4, -0.2) is 0 Å². The molecule has 0 aliphatic carbocycles. The Balaban J connectivity index is 1.41. The summed E-state index contributed by atoms with van der Waals surface area (Å²) in [5.41, 5.74) is 11.1. The first-order valence-corrected chi connectivity index (χ1v) is 16.1. The van der Waals surface area contributed by atoms with Gasteiger partial charge in [-0.1, -0.05) is 97.1 Å². The van der Waals surface area contributed by atoms with Crippen LogP contribution in [0.5, 0.6) is 0 Å². The lowest BCUT2D eigenvalue weighted by Gasteiger charge is -2.20. The molecule has 0 spiro atoms. The molecular formula is C43H25NOS. The van der Waals surface area contributed by atoms with Gasteiger partial charge < -0.3 is 4.42 Å². The molecule has 2 aromatic heterocycles. The van der Waals surface area contributed by atoms with E-state index in [-0.39, 0.29) is 0 Å². The normalized spacial score (nSPS) is 11.5. The zero-order valence-electron chi connectivity index (χ0n) is 24.7. The van der Waals surface area contributed by atoms with Gasteiger partial charge in [0, 0.05) is 30.9 Å². The van der Waals surface area contributed by atoms with Crippen LogP contribution in [0.4, 0.5) is 0 Å². The van der Waals surface area contributed by atoms with Gasteiger partial charge in [-0.3, -0.25) is 0 Å². The van der Waals surface area contributed by atoms with Gasteiger partial charge >= 0.3 is 0 Å². The van der Waals surface area contributed by atoms with E-state index in [2.05, 4.69) is 121 Å². The molecule has 3 heteroatoms. The Morgan fingerprint density at radius 2 is 1.09 bits per heavy atom. The molecule has 0 saturated carbocycles. The highest BCUT2D eigenvalue weighted by molar-refractivity contribution is 7.25. The van der Waals surface area contributed by atoms with Crippen molar-refractivity contribution in [2.24, 2.45) is 0 Å². The quantitative estimate of drug-likeness (QED) is 0.201. The summed E-state index contributed by atoms with van der Waals surface area (Å²) < 4.78 is 8.78. The van der Waals surface area contributed by atoms with E-state index in [4.69, 9.17) is 4.42 Å². The van der Waals surface area contributed by atoms with Gasteiger partial charge in [0.2, 0.25) is 0 Å². The Bertz CT molecular complexity index is 2650. The van der Waals surface area contributed by atoms with E-state index in [9.17, 15) is 5.26 Å². The first-order valence-electron chi connectivity index (χ1n) is 15.3. The topological polar surface area (TPSA) is 36.9 Å². The van der Waals surface area contributed by atoms with E-state index < -0.39 is 0 Å². The molecule has 2 heterocycles. The lowest BCUT2D eigenvalue weighted by atomic mass is 9.83. The number of rotatable bonds is 4. The number of hydrogen-bond acceptors (Lipinski definition) is 3. The zero-order valence-corrected chi connectivity index (χ0v) is 25.5. The third-order valence-electron chi connectivity index (χ3n) is 8.93.